The Hall–Kier alpha value is -0.530. The second kappa shape index (κ2) is 2.85. The Morgan fingerprint density at radius 3 is 2.11 bits per heavy atom. The van der Waals surface area contributed by atoms with Gasteiger partial charge in [-0.25, -0.2) is 0 Å². The number of aliphatic carboxylic acids is 1. The normalized spacial score (nSPS) is 21.8. The van der Waals surface area contributed by atoms with Gasteiger partial charge in [0.2, 0.25) is 0 Å². The molecule has 0 aromatic carbocycles. The molecule has 0 amide bonds. The van der Waals surface area contributed by atoms with Gasteiger partial charge in [0.05, 0.1) is 5.92 Å². The number of rotatable bonds is 1. The quantitative estimate of drug-likeness (QED) is 0.581. The van der Waals surface area contributed by atoms with Gasteiger partial charge in [-0.05, 0) is 12.8 Å². The van der Waals surface area contributed by atoms with E-state index in [1.807, 2.05) is 0 Å². The minimum Gasteiger partial charge on any atom is -0.481 e. The molecule has 1 fully saturated rings. The summed E-state index contributed by atoms with van der Waals surface area (Å²) in [6, 6.07) is 0. The van der Waals surface area contributed by atoms with Crippen molar-refractivity contribution in [2.45, 2.75) is 32.1 Å². The SMILES string of the molecule is O=C(O)[C]1CCCCC1. The molecule has 1 N–H and O–H groups in total. The van der Waals surface area contributed by atoms with Crippen LogP contribution in [-0.2, 0) is 4.79 Å². The van der Waals surface area contributed by atoms with Crippen molar-refractivity contribution in [2.24, 2.45) is 0 Å². The van der Waals surface area contributed by atoms with Crippen LogP contribution in [0.25, 0.3) is 0 Å². The Balaban J connectivity index is 2.31. The van der Waals surface area contributed by atoms with Gasteiger partial charge < -0.3 is 5.11 Å². The van der Waals surface area contributed by atoms with E-state index in [4.69, 9.17) is 5.11 Å². The van der Waals surface area contributed by atoms with Gasteiger partial charge in [0.15, 0.2) is 0 Å². The molecule has 0 saturated heterocycles. The third-order valence-electron chi connectivity index (χ3n) is 1.76. The molecule has 0 spiro atoms. The Labute approximate surface area is 54.9 Å². The van der Waals surface area contributed by atoms with Gasteiger partial charge in [0.25, 0.3) is 0 Å². The first-order valence-corrected chi connectivity index (χ1v) is 3.38. The maximum absolute atomic E-state index is 10.3. The van der Waals surface area contributed by atoms with Crippen LogP contribution in [0, 0.1) is 5.92 Å². The monoisotopic (exact) mass is 127 g/mol. The summed E-state index contributed by atoms with van der Waals surface area (Å²) in [6.45, 7) is 0. The smallest absolute Gasteiger partial charge is 0.310 e. The van der Waals surface area contributed by atoms with Crippen LogP contribution in [0.2, 0.25) is 0 Å². The van der Waals surface area contributed by atoms with E-state index in [2.05, 4.69) is 0 Å². The van der Waals surface area contributed by atoms with Crippen molar-refractivity contribution in [3.63, 3.8) is 0 Å². The van der Waals surface area contributed by atoms with E-state index in [9.17, 15) is 4.79 Å². The van der Waals surface area contributed by atoms with Gasteiger partial charge in [-0.1, -0.05) is 19.3 Å². The number of carbonyl (C=O) groups is 1. The van der Waals surface area contributed by atoms with Gasteiger partial charge in [0, 0.05) is 0 Å². The average molecular weight is 127 g/mol. The van der Waals surface area contributed by atoms with Crippen molar-refractivity contribution < 1.29 is 9.90 Å². The van der Waals surface area contributed by atoms with Gasteiger partial charge in [-0.15, -0.1) is 0 Å². The summed E-state index contributed by atoms with van der Waals surface area (Å²) in [4.78, 5) is 10.3. The first kappa shape index (κ1) is 6.59. The molecule has 51 valence electrons. The predicted octanol–water partition coefficient (Wildman–Crippen LogP) is 1.61. The molecule has 1 aliphatic carbocycles. The highest BCUT2D eigenvalue weighted by Gasteiger charge is 2.20. The topological polar surface area (TPSA) is 37.3 Å². The highest BCUT2D eigenvalue weighted by Crippen LogP contribution is 2.25. The fourth-order valence-corrected chi connectivity index (χ4v) is 1.19. The van der Waals surface area contributed by atoms with E-state index >= 15 is 0 Å². The standard InChI is InChI=1S/C7H11O2/c8-7(9)6-4-2-1-3-5-6/h1-5H2,(H,8,9). The van der Waals surface area contributed by atoms with Crippen molar-refractivity contribution in [3.05, 3.63) is 5.92 Å². The molecule has 2 heteroatoms. The molecule has 0 bridgehead atoms. The van der Waals surface area contributed by atoms with Crippen LogP contribution in [0.5, 0.6) is 0 Å². The molecule has 1 saturated carbocycles. The molecule has 1 aliphatic rings. The van der Waals surface area contributed by atoms with E-state index < -0.39 is 5.97 Å². The van der Waals surface area contributed by atoms with Crippen molar-refractivity contribution >= 4 is 5.97 Å². The summed E-state index contributed by atoms with van der Waals surface area (Å²) in [6.07, 6.45) is 4.98. The first-order chi connectivity index (χ1) is 4.30. The van der Waals surface area contributed by atoms with E-state index in [0.29, 0.717) is 0 Å². The molecule has 1 rings (SSSR count). The first-order valence-electron chi connectivity index (χ1n) is 3.38. The van der Waals surface area contributed by atoms with E-state index in [0.717, 1.165) is 31.6 Å². The Bertz CT molecular complexity index is 103. The lowest BCUT2D eigenvalue weighted by molar-refractivity contribution is -0.135. The zero-order chi connectivity index (χ0) is 6.69. The second-order valence-corrected chi connectivity index (χ2v) is 2.47. The van der Waals surface area contributed by atoms with Gasteiger partial charge >= 0.3 is 5.97 Å². The molecule has 0 heterocycles. The molecular formula is C7H11O2. The van der Waals surface area contributed by atoms with Gasteiger partial charge in [0.1, 0.15) is 0 Å². The number of hydrogen-bond acceptors (Lipinski definition) is 1. The molecular weight excluding hydrogens is 116 g/mol. The highest BCUT2D eigenvalue weighted by molar-refractivity contribution is 5.82. The number of carboxylic acid groups (broad SMARTS) is 1. The van der Waals surface area contributed by atoms with E-state index in [1.54, 1.807) is 0 Å². The van der Waals surface area contributed by atoms with Crippen molar-refractivity contribution in [1.82, 2.24) is 0 Å². The van der Waals surface area contributed by atoms with Crippen LogP contribution in [-0.4, -0.2) is 11.1 Å². The Morgan fingerprint density at radius 1 is 1.22 bits per heavy atom. The Morgan fingerprint density at radius 2 is 1.78 bits per heavy atom. The maximum atomic E-state index is 10.3. The van der Waals surface area contributed by atoms with Crippen molar-refractivity contribution in [1.29, 1.82) is 0 Å². The summed E-state index contributed by atoms with van der Waals surface area (Å²) in [7, 11) is 0. The predicted molar refractivity (Wildman–Crippen MR) is 34.0 cm³/mol. The molecule has 0 aromatic heterocycles. The number of hydrogen-bond donors (Lipinski definition) is 1. The van der Waals surface area contributed by atoms with Crippen LogP contribution in [0.1, 0.15) is 32.1 Å². The van der Waals surface area contributed by atoms with E-state index in [1.165, 1.54) is 6.42 Å². The molecule has 1 radical (unpaired) electrons. The molecule has 9 heavy (non-hydrogen) atoms. The van der Waals surface area contributed by atoms with Gasteiger partial charge in [-0.3, -0.25) is 4.79 Å². The fourth-order valence-electron chi connectivity index (χ4n) is 1.19. The third-order valence-corrected chi connectivity index (χ3v) is 1.76. The van der Waals surface area contributed by atoms with E-state index in [-0.39, 0.29) is 0 Å². The molecule has 0 aliphatic heterocycles. The fraction of sp³-hybridized carbons (Fsp3) is 0.714. The molecule has 2 nitrogen and oxygen atoms in total. The highest BCUT2D eigenvalue weighted by atomic mass is 16.4. The lowest BCUT2D eigenvalue weighted by Gasteiger charge is -2.15. The van der Waals surface area contributed by atoms with Crippen LogP contribution in [0.15, 0.2) is 0 Å². The van der Waals surface area contributed by atoms with Crippen LogP contribution >= 0.6 is 0 Å². The summed E-state index contributed by atoms with van der Waals surface area (Å²) in [5.41, 5.74) is 0. The lowest BCUT2D eigenvalue weighted by Crippen LogP contribution is -2.13. The third kappa shape index (κ3) is 1.70. The van der Waals surface area contributed by atoms with Crippen LogP contribution in [0.3, 0.4) is 0 Å². The summed E-state index contributed by atoms with van der Waals surface area (Å²) in [5, 5.41) is 8.50. The summed E-state index contributed by atoms with van der Waals surface area (Å²) >= 11 is 0. The average Bonchev–Trinajstić information content (AvgIpc) is 1.90. The van der Waals surface area contributed by atoms with Crippen LogP contribution < -0.4 is 0 Å². The molecule has 0 atom stereocenters. The van der Waals surface area contributed by atoms with Crippen molar-refractivity contribution in [3.8, 4) is 0 Å². The molecule has 0 unspecified atom stereocenters. The lowest BCUT2D eigenvalue weighted by atomic mass is 9.90. The maximum Gasteiger partial charge on any atom is 0.310 e. The Kier molecular flexibility index (Phi) is 2.09. The van der Waals surface area contributed by atoms with Crippen LogP contribution in [0.4, 0.5) is 0 Å². The van der Waals surface area contributed by atoms with Gasteiger partial charge in [-0.2, -0.15) is 0 Å². The minimum absolute atomic E-state index is 0.685. The largest absolute Gasteiger partial charge is 0.481 e. The zero-order valence-corrected chi connectivity index (χ0v) is 5.39. The second-order valence-electron chi connectivity index (χ2n) is 2.47. The zero-order valence-electron chi connectivity index (χ0n) is 5.39. The number of carboxylic acids is 1. The minimum atomic E-state index is -0.685. The molecule has 0 aromatic rings. The summed E-state index contributed by atoms with van der Waals surface area (Å²) < 4.78 is 0. The van der Waals surface area contributed by atoms with Crippen molar-refractivity contribution in [2.75, 3.05) is 0 Å². The summed E-state index contributed by atoms with van der Waals surface area (Å²) in [5.74, 6) is 0.0379.